The van der Waals surface area contributed by atoms with Crippen molar-refractivity contribution in [3.05, 3.63) is 21.4 Å². The summed E-state index contributed by atoms with van der Waals surface area (Å²) in [7, 11) is 0. The molecule has 1 aromatic heterocycles. The maximum atomic E-state index is 11.5. The Morgan fingerprint density at radius 1 is 1.73 bits per heavy atom. The van der Waals surface area contributed by atoms with Crippen LogP contribution in [0.25, 0.3) is 0 Å². The van der Waals surface area contributed by atoms with E-state index in [2.05, 4.69) is 0 Å². The highest BCUT2D eigenvalue weighted by molar-refractivity contribution is 7.14. The second-order valence-corrected chi connectivity index (χ2v) is 4.64. The summed E-state index contributed by atoms with van der Waals surface area (Å²) in [5.74, 6) is 5.49. The minimum atomic E-state index is -0.222. The highest BCUT2D eigenvalue weighted by Gasteiger charge is 2.20. The molecule has 0 amide bonds. The molecular weight excluding hydrogens is 212 g/mol. The smallest absolute Gasteiger partial charge is 0.348 e. The zero-order valence-electron chi connectivity index (χ0n) is 8.66. The van der Waals surface area contributed by atoms with Crippen molar-refractivity contribution in [1.29, 1.82) is 0 Å². The van der Waals surface area contributed by atoms with Crippen LogP contribution in [0.15, 0.2) is 6.07 Å². The lowest BCUT2D eigenvalue weighted by atomic mass is 10.1. The topological polar surface area (TPSA) is 55.6 Å². The molecule has 2 N–H and O–H groups in total. The van der Waals surface area contributed by atoms with Gasteiger partial charge in [-0.05, 0) is 25.0 Å². The first kappa shape index (κ1) is 10.6. The zero-order valence-corrected chi connectivity index (χ0v) is 9.47. The van der Waals surface area contributed by atoms with E-state index in [-0.39, 0.29) is 5.97 Å². The van der Waals surface area contributed by atoms with Crippen molar-refractivity contribution >= 4 is 17.3 Å². The van der Waals surface area contributed by atoms with Crippen molar-refractivity contribution in [2.75, 3.05) is 13.2 Å². The zero-order chi connectivity index (χ0) is 10.8. The normalized spacial score (nSPS) is 16.1. The minimum Gasteiger partial charge on any atom is -0.462 e. The minimum absolute atomic E-state index is 0.222. The van der Waals surface area contributed by atoms with Gasteiger partial charge < -0.3 is 4.74 Å². The van der Waals surface area contributed by atoms with Gasteiger partial charge in [-0.3, -0.25) is 5.84 Å². The van der Waals surface area contributed by atoms with Gasteiger partial charge >= 0.3 is 5.97 Å². The molecule has 5 heteroatoms. The molecule has 15 heavy (non-hydrogen) atoms. The summed E-state index contributed by atoms with van der Waals surface area (Å²) in [5, 5.41) is 1.77. The van der Waals surface area contributed by atoms with Gasteiger partial charge in [0.15, 0.2) is 0 Å². The average Bonchev–Trinajstić information content (AvgIpc) is 2.60. The van der Waals surface area contributed by atoms with Gasteiger partial charge in [0.2, 0.25) is 0 Å². The third-order valence-electron chi connectivity index (χ3n) is 2.37. The molecule has 0 saturated heterocycles. The summed E-state index contributed by atoms with van der Waals surface area (Å²) in [5.41, 5.74) is 1.16. The summed E-state index contributed by atoms with van der Waals surface area (Å²) in [4.78, 5) is 13.4. The predicted octanol–water partition coefficient (Wildman–Crippen LogP) is 1.16. The van der Waals surface area contributed by atoms with Crippen LogP contribution in [-0.2, 0) is 17.7 Å². The lowest BCUT2D eigenvalue weighted by Crippen LogP contribution is -2.35. The van der Waals surface area contributed by atoms with Crippen LogP contribution in [0.3, 0.4) is 0 Å². The molecule has 0 aromatic carbocycles. The van der Waals surface area contributed by atoms with E-state index in [9.17, 15) is 4.79 Å². The van der Waals surface area contributed by atoms with E-state index in [1.165, 1.54) is 16.2 Å². The van der Waals surface area contributed by atoms with Crippen LogP contribution in [0.4, 0.5) is 0 Å². The number of ether oxygens (including phenoxy) is 1. The molecule has 2 rings (SSSR count). The molecule has 0 saturated carbocycles. The Bertz CT molecular complexity index is 375. The Kier molecular flexibility index (Phi) is 3.04. The average molecular weight is 226 g/mol. The van der Waals surface area contributed by atoms with Gasteiger partial charge in [-0.15, -0.1) is 11.3 Å². The molecule has 2 heterocycles. The van der Waals surface area contributed by atoms with Gasteiger partial charge in [0, 0.05) is 18.0 Å². The summed E-state index contributed by atoms with van der Waals surface area (Å²) in [6.45, 7) is 3.82. The third kappa shape index (κ3) is 2.19. The lowest BCUT2D eigenvalue weighted by molar-refractivity contribution is 0.0532. The van der Waals surface area contributed by atoms with Crippen LogP contribution in [0.5, 0.6) is 0 Å². The molecule has 0 aliphatic carbocycles. The SMILES string of the molecule is CCOC(=O)c1cc2c(s1)CCN(N)C2. The number of esters is 1. The van der Waals surface area contributed by atoms with Gasteiger partial charge in [-0.2, -0.15) is 0 Å². The maximum Gasteiger partial charge on any atom is 0.348 e. The number of hydrazine groups is 1. The summed E-state index contributed by atoms with van der Waals surface area (Å²) in [6, 6.07) is 1.90. The van der Waals surface area contributed by atoms with Crippen LogP contribution in [-0.4, -0.2) is 24.1 Å². The van der Waals surface area contributed by atoms with E-state index in [4.69, 9.17) is 10.6 Å². The molecule has 1 aromatic rings. The second-order valence-electron chi connectivity index (χ2n) is 3.50. The molecular formula is C10H14N2O2S. The van der Waals surface area contributed by atoms with Gasteiger partial charge in [0.05, 0.1) is 6.61 Å². The van der Waals surface area contributed by atoms with Crippen molar-refractivity contribution in [1.82, 2.24) is 5.01 Å². The second kappa shape index (κ2) is 4.30. The van der Waals surface area contributed by atoms with E-state index in [1.807, 2.05) is 13.0 Å². The Labute approximate surface area is 92.6 Å². The molecule has 1 aliphatic heterocycles. The van der Waals surface area contributed by atoms with Gasteiger partial charge in [0.1, 0.15) is 4.88 Å². The molecule has 0 atom stereocenters. The largest absolute Gasteiger partial charge is 0.462 e. The van der Waals surface area contributed by atoms with Crippen molar-refractivity contribution in [2.45, 2.75) is 19.9 Å². The van der Waals surface area contributed by atoms with Crippen LogP contribution in [0, 0.1) is 0 Å². The van der Waals surface area contributed by atoms with Crippen molar-refractivity contribution in [3.8, 4) is 0 Å². The molecule has 1 aliphatic rings. The van der Waals surface area contributed by atoms with Crippen LogP contribution < -0.4 is 5.84 Å². The molecule has 0 fully saturated rings. The van der Waals surface area contributed by atoms with Gasteiger partial charge in [0.25, 0.3) is 0 Å². The Morgan fingerprint density at radius 3 is 3.27 bits per heavy atom. The fourth-order valence-electron chi connectivity index (χ4n) is 1.66. The van der Waals surface area contributed by atoms with Crippen molar-refractivity contribution in [2.24, 2.45) is 5.84 Å². The highest BCUT2D eigenvalue weighted by Crippen LogP contribution is 2.27. The molecule has 4 nitrogen and oxygen atoms in total. The van der Waals surface area contributed by atoms with Gasteiger partial charge in [-0.25, -0.2) is 9.80 Å². The van der Waals surface area contributed by atoms with E-state index < -0.39 is 0 Å². The van der Waals surface area contributed by atoms with Crippen LogP contribution in [0.1, 0.15) is 27.0 Å². The fraction of sp³-hybridized carbons (Fsp3) is 0.500. The highest BCUT2D eigenvalue weighted by atomic mass is 32.1. The number of carbonyl (C=O) groups is 1. The first-order valence-electron chi connectivity index (χ1n) is 4.99. The monoisotopic (exact) mass is 226 g/mol. The summed E-state index contributed by atoms with van der Waals surface area (Å²) < 4.78 is 4.96. The van der Waals surface area contributed by atoms with Crippen molar-refractivity contribution < 1.29 is 9.53 Å². The van der Waals surface area contributed by atoms with E-state index in [0.717, 1.165) is 25.1 Å². The third-order valence-corrected chi connectivity index (χ3v) is 3.59. The van der Waals surface area contributed by atoms with Crippen molar-refractivity contribution in [3.63, 3.8) is 0 Å². The van der Waals surface area contributed by atoms with E-state index in [1.54, 1.807) is 5.01 Å². The Hall–Kier alpha value is -0.910. The lowest BCUT2D eigenvalue weighted by Gasteiger charge is -2.21. The van der Waals surface area contributed by atoms with Crippen LogP contribution >= 0.6 is 11.3 Å². The van der Waals surface area contributed by atoms with E-state index in [0.29, 0.717) is 11.5 Å². The maximum absolute atomic E-state index is 11.5. The number of nitrogens with two attached hydrogens (primary N) is 1. The quantitative estimate of drug-likeness (QED) is 0.607. The number of fused-ring (bicyclic) bond motifs is 1. The number of carbonyl (C=O) groups excluding carboxylic acids is 1. The fourth-order valence-corrected chi connectivity index (χ4v) is 2.71. The Balaban J connectivity index is 2.19. The predicted molar refractivity (Wildman–Crippen MR) is 58.6 cm³/mol. The number of rotatable bonds is 2. The number of nitrogens with zero attached hydrogens (tertiary/aromatic N) is 1. The molecule has 0 spiro atoms. The Morgan fingerprint density at radius 2 is 2.53 bits per heavy atom. The standard InChI is InChI=1S/C10H14N2O2S/c1-2-14-10(13)9-5-7-6-12(11)4-3-8(7)15-9/h5H,2-4,6,11H2,1H3. The van der Waals surface area contributed by atoms with E-state index >= 15 is 0 Å². The van der Waals surface area contributed by atoms with Gasteiger partial charge in [-0.1, -0.05) is 0 Å². The molecule has 0 radical (unpaired) electrons. The first-order valence-corrected chi connectivity index (χ1v) is 5.80. The number of hydrogen-bond acceptors (Lipinski definition) is 5. The number of hydrogen-bond donors (Lipinski definition) is 1. The summed E-state index contributed by atoms with van der Waals surface area (Å²) >= 11 is 1.53. The molecule has 82 valence electrons. The molecule has 0 bridgehead atoms. The molecule has 0 unspecified atom stereocenters. The summed E-state index contributed by atoms with van der Waals surface area (Å²) in [6.07, 6.45) is 0.926. The van der Waals surface area contributed by atoms with Crippen LogP contribution in [0.2, 0.25) is 0 Å². The number of thiophene rings is 1. The first-order chi connectivity index (χ1) is 7.20.